The topological polar surface area (TPSA) is 57.6 Å². The fourth-order valence-corrected chi connectivity index (χ4v) is 4.14. The molecule has 4 nitrogen and oxygen atoms in total. The summed E-state index contributed by atoms with van der Waals surface area (Å²) in [5, 5.41) is 10.8. The Hall–Kier alpha value is -3.92. The number of aliphatic hydroxyl groups excluding tert-OH is 1. The Balaban J connectivity index is 1.66. The van der Waals surface area contributed by atoms with Gasteiger partial charge in [0, 0.05) is 6.54 Å². The van der Waals surface area contributed by atoms with Crippen LogP contribution in [0.1, 0.15) is 35.2 Å². The monoisotopic (exact) mass is 437 g/mol. The van der Waals surface area contributed by atoms with Gasteiger partial charge in [-0.3, -0.25) is 9.59 Å². The lowest BCUT2D eigenvalue weighted by atomic mass is 9.94. The van der Waals surface area contributed by atoms with Crippen LogP contribution in [-0.2, 0) is 22.4 Å². The molecule has 0 saturated carbocycles. The molecule has 1 unspecified atom stereocenters. The second-order valence-corrected chi connectivity index (χ2v) is 8.10. The van der Waals surface area contributed by atoms with E-state index in [4.69, 9.17) is 0 Å². The molecular weight excluding hydrogens is 410 g/mol. The molecule has 4 rings (SSSR count). The Morgan fingerprint density at radius 3 is 2.18 bits per heavy atom. The highest BCUT2D eigenvalue weighted by atomic mass is 16.3. The SMILES string of the molecule is CCc1ccc(C2C(C(=O)C=Cc3ccccc3)=C(O)C(=O)N2CCc2ccccc2)cc1. The van der Waals surface area contributed by atoms with E-state index in [1.54, 1.807) is 11.0 Å². The van der Waals surface area contributed by atoms with Gasteiger partial charge in [-0.05, 0) is 41.2 Å². The number of aliphatic hydroxyl groups is 1. The molecule has 33 heavy (non-hydrogen) atoms. The van der Waals surface area contributed by atoms with Crippen molar-refractivity contribution in [1.29, 1.82) is 0 Å². The van der Waals surface area contributed by atoms with Gasteiger partial charge in [-0.25, -0.2) is 0 Å². The first kappa shape index (κ1) is 22.3. The van der Waals surface area contributed by atoms with Gasteiger partial charge < -0.3 is 10.0 Å². The van der Waals surface area contributed by atoms with Crippen LogP contribution in [0.15, 0.2) is 102 Å². The summed E-state index contributed by atoms with van der Waals surface area (Å²) in [7, 11) is 0. The largest absolute Gasteiger partial charge is 0.503 e. The van der Waals surface area contributed by atoms with Gasteiger partial charge in [0.05, 0.1) is 11.6 Å². The number of benzene rings is 3. The zero-order valence-electron chi connectivity index (χ0n) is 18.6. The highest BCUT2D eigenvalue weighted by molar-refractivity contribution is 6.14. The first-order valence-corrected chi connectivity index (χ1v) is 11.2. The number of carbonyl (C=O) groups is 2. The molecule has 0 fully saturated rings. The smallest absolute Gasteiger partial charge is 0.290 e. The minimum absolute atomic E-state index is 0.129. The van der Waals surface area contributed by atoms with Crippen LogP contribution in [0.3, 0.4) is 0 Å². The first-order valence-electron chi connectivity index (χ1n) is 11.2. The van der Waals surface area contributed by atoms with Gasteiger partial charge in [0.25, 0.3) is 5.91 Å². The minimum atomic E-state index is -0.625. The quantitative estimate of drug-likeness (QED) is 0.476. The number of rotatable bonds is 8. The number of amides is 1. The molecule has 1 heterocycles. The van der Waals surface area contributed by atoms with Crippen LogP contribution in [0.5, 0.6) is 0 Å². The highest BCUT2D eigenvalue weighted by Crippen LogP contribution is 2.38. The maximum atomic E-state index is 13.2. The third kappa shape index (κ3) is 4.96. The number of carbonyl (C=O) groups excluding carboxylic acids is 2. The Labute approximate surface area is 194 Å². The van der Waals surface area contributed by atoms with Gasteiger partial charge in [0.2, 0.25) is 0 Å². The third-order valence-corrected chi connectivity index (χ3v) is 5.98. The number of nitrogens with zero attached hydrogens (tertiary/aromatic N) is 1. The van der Waals surface area contributed by atoms with Crippen LogP contribution in [0.2, 0.25) is 0 Å². The molecule has 0 saturated heterocycles. The fourth-order valence-electron chi connectivity index (χ4n) is 4.14. The van der Waals surface area contributed by atoms with Crippen molar-refractivity contribution in [3.8, 4) is 0 Å². The summed E-state index contributed by atoms with van der Waals surface area (Å²) in [6, 6.07) is 26.6. The van der Waals surface area contributed by atoms with Crippen molar-refractivity contribution >= 4 is 17.8 Å². The van der Waals surface area contributed by atoms with E-state index in [-0.39, 0.29) is 11.4 Å². The maximum absolute atomic E-state index is 13.2. The second-order valence-electron chi connectivity index (χ2n) is 8.10. The van der Waals surface area contributed by atoms with E-state index in [0.717, 1.165) is 23.1 Å². The minimum Gasteiger partial charge on any atom is -0.503 e. The summed E-state index contributed by atoms with van der Waals surface area (Å²) in [6.07, 6.45) is 4.66. The van der Waals surface area contributed by atoms with Gasteiger partial charge in [-0.1, -0.05) is 97.9 Å². The van der Waals surface area contributed by atoms with E-state index in [1.807, 2.05) is 84.9 Å². The highest BCUT2D eigenvalue weighted by Gasteiger charge is 2.42. The van der Waals surface area contributed by atoms with Crippen LogP contribution >= 0.6 is 0 Å². The van der Waals surface area contributed by atoms with E-state index in [9.17, 15) is 14.7 Å². The normalized spacial score (nSPS) is 16.1. The van der Waals surface area contributed by atoms with Crippen LogP contribution in [0, 0.1) is 0 Å². The molecule has 1 N–H and O–H groups in total. The van der Waals surface area contributed by atoms with Crippen molar-refractivity contribution in [3.63, 3.8) is 0 Å². The van der Waals surface area contributed by atoms with E-state index < -0.39 is 17.7 Å². The van der Waals surface area contributed by atoms with Crippen molar-refractivity contribution in [3.05, 3.63) is 125 Å². The van der Waals surface area contributed by atoms with E-state index in [1.165, 1.54) is 11.6 Å². The molecule has 4 heteroatoms. The van der Waals surface area contributed by atoms with Gasteiger partial charge in [0.1, 0.15) is 0 Å². The molecule has 0 spiro atoms. The average Bonchev–Trinajstić information content (AvgIpc) is 3.12. The van der Waals surface area contributed by atoms with Crippen molar-refractivity contribution in [1.82, 2.24) is 4.90 Å². The third-order valence-electron chi connectivity index (χ3n) is 5.98. The number of allylic oxidation sites excluding steroid dienone is 1. The molecular formula is C29H27NO3. The standard InChI is InChI=1S/C29H27NO3/c1-2-21-13-16-24(17-14-21)27-26(25(31)18-15-22-9-5-3-6-10-22)28(32)29(33)30(27)20-19-23-11-7-4-8-12-23/h3-18,27,32H,2,19-20H2,1H3. The number of aryl methyl sites for hydroxylation is 1. The zero-order valence-corrected chi connectivity index (χ0v) is 18.6. The molecule has 0 aliphatic carbocycles. The van der Waals surface area contributed by atoms with E-state index in [0.29, 0.717) is 13.0 Å². The Kier molecular flexibility index (Phi) is 6.84. The van der Waals surface area contributed by atoms with Crippen molar-refractivity contribution in [2.45, 2.75) is 25.8 Å². The Bertz CT molecular complexity index is 1180. The average molecular weight is 438 g/mol. The second kappa shape index (κ2) is 10.1. The molecule has 166 valence electrons. The van der Waals surface area contributed by atoms with Crippen LogP contribution in [-0.4, -0.2) is 28.2 Å². The van der Waals surface area contributed by atoms with Crippen LogP contribution in [0.25, 0.3) is 6.08 Å². The van der Waals surface area contributed by atoms with Crippen molar-refractivity contribution < 1.29 is 14.7 Å². The zero-order chi connectivity index (χ0) is 23.2. The predicted molar refractivity (Wildman–Crippen MR) is 131 cm³/mol. The molecule has 1 aliphatic heterocycles. The summed E-state index contributed by atoms with van der Waals surface area (Å²) < 4.78 is 0. The lowest BCUT2D eigenvalue weighted by Crippen LogP contribution is -2.33. The van der Waals surface area contributed by atoms with Crippen LogP contribution in [0.4, 0.5) is 0 Å². The molecule has 0 aromatic heterocycles. The molecule has 3 aromatic rings. The molecule has 1 atom stereocenters. The molecule has 1 amide bonds. The lowest BCUT2D eigenvalue weighted by Gasteiger charge is -2.27. The Morgan fingerprint density at radius 2 is 1.55 bits per heavy atom. The van der Waals surface area contributed by atoms with Crippen molar-refractivity contribution in [2.75, 3.05) is 6.54 Å². The van der Waals surface area contributed by atoms with Crippen LogP contribution < -0.4 is 0 Å². The number of hydrogen-bond acceptors (Lipinski definition) is 3. The van der Waals surface area contributed by atoms with Gasteiger partial charge in [-0.15, -0.1) is 0 Å². The fraction of sp³-hybridized carbons (Fsp3) is 0.172. The van der Waals surface area contributed by atoms with E-state index in [2.05, 4.69) is 6.92 Å². The summed E-state index contributed by atoms with van der Waals surface area (Å²) in [6.45, 7) is 2.47. The first-order chi connectivity index (χ1) is 16.1. The molecule has 0 bridgehead atoms. The molecule has 3 aromatic carbocycles. The summed E-state index contributed by atoms with van der Waals surface area (Å²) in [5.41, 5.74) is 4.08. The number of ketones is 1. The number of hydrogen-bond donors (Lipinski definition) is 1. The summed E-state index contributed by atoms with van der Waals surface area (Å²) >= 11 is 0. The maximum Gasteiger partial charge on any atom is 0.290 e. The molecule has 0 radical (unpaired) electrons. The van der Waals surface area contributed by atoms with Gasteiger partial charge >= 0.3 is 0 Å². The van der Waals surface area contributed by atoms with Crippen molar-refractivity contribution in [2.24, 2.45) is 0 Å². The predicted octanol–water partition coefficient (Wildman–Crippen LogP) is 5.47. The lowest BCUT2D eigenvalue weighted by molar-refractivity contribution is -0.129. The molecule has 1 aliphatic rings. The summed E-state index contributed by atoms with van der Waals surface area (Å²) in [5.74, 6) is -1.33. The summed E-state index contributed by atoms with van der Waals surface area (Å²) in [4.78, 5) is 27.9. The van der Waals surface area contributed by atoms with Gasteiger partial charge in [-0.2, -0.15) is 0 Å². The van der Waals surface area contributed by atoms with E-state index >= 15 is 0 Å². The Morgan fingerprint density at radius 1 is 0.909 bits per heavy atom. The van der Waals surface area contributed by atoms with Gasteiger partial charge in [0.15, 0.2) is 11.5 Å².